The van der Waals surface area contributed by atoms with Gasteiger partial charge in [0.25, 0.3) is 0 Å². The highest BCUT2D eigenvalue weighted by Gasteiger charge is 2.29. The number of nitrogens with zero attached hydrogens (tertiary/aromatic N) is 2. The maximum Gasteiger partial charge on any atom is 0.310 e. The van der Waals surface area contributed by atoms with E-state index in [0.29, 0.717) is 0 Å². The lowest BCUT2D eigenvalue weighted by molar-refractivity contribution is -0.144. The molecule has 1 aliphatic rings. The third-order valence-electron chi connectivity index (χ3n) is 3.62. The number of aromatic nitrogens is 2. The summed E-state index contributed by atoms with van der Waals surface area (Å²) < 4.78 is 4.79. The molecule has 0 spiro atoms. The van der Waals surface area contributed by atoms with Gasteiger partial charge in [-0.2, -0.15) is 0 Å². The van der Waals surface area contributed by atoms with Gasteiger partial charge in [0.2, 0.25) is 0 Å². The smallest absolute Gasteiger partial charge is 0.310 e. The van der Waals surface area contributed by atoms with E-state index in [-0.39, 0.29) is 11.9 Å². The Labute approximate surface area is 111 Å². The number of benzene rings is 1. The first-order chi connectivity index (χ1) is 9.26. The average molecular weight is 259 g/mol. The van der Waals surface area contributed by atoms with Crippen molar-refractivity contribution in [2.75, 3.05) is 20.2 Å². The molecule has 19 heavy (non-hydrogen) atoms. The molecule has 0 radical (unpaired) electrons. The summed E-state index contributed by atoms with van der Waals surface area (Å²) in [6.45, 7) is 2.42. The highest BCUT2D eigenvalue weighted by Crippen LogP contribution is 2.20. The zero-order valence-corrected chi connectivity index (χ0v) is 10.9. The van der Waals surface area contributed by atoms with Gasteiger partial charge in [0.15, 0.2) is 0 Å². The average Bonchev–Trinajstić information content (AvgIpc) is 3.04. The second-order valence-electron chi connectivity index (χ2n) is 4.94. The lowest BCUT2D eigenvalue weighted by atomic mass is 10.1. The van der Waals surface area contributed by atoms with Crippen LogP contribution in [0.15, 0.2) is 24.3 Å². The van der Waals surface area contributed by atoms with Crippen molar-refractivity contribution in [2.45, 2.75) is 13.0 Å². The van der Waals surface area contributed by atoms with E-state index in [1.54, 1.807) is 0 Å². The molecule has 3 rings (SSSR count). The van der Waals surface area contributed by atoms with Gasteiger partial charge >= 0.3 is 5.97 Å². The Morgan fingerprint density at radius 2 is 2.37 bits per heavy atom. The zero-order valence-electron chi connectivity index (χ0n) is 10.9. The summed E-state index contributed by atoms with van der Waals surface area (Å²) >= 11 is 0. The number of aromatic amines is 1. The summed E-state index contributed by atoms with van der Waals surface area (Å²) in [6, 6.07) is 7.99. The number of imidazole rings is 1. The van der Waals surface area contributed by atoms with Crippen molar-refractivity contribution in [1.29, 1.82) is 0 Å². The fourth-order valence-electron chi connectivity index (χ4n) is 2.63. The molecule has 5 nitrogen and oxygen atoms in total. The van der Waals surface area contributed by atoms with Crippen LogP contribution in [0.3, 0.4) is 0 Å². The van der Waals surface area contributed by atoms with Gasteiger partial charge in [0.1, 0.15) is 5.82 Å². The number of fused-ring (bicyclic) bond motifs is 1. The molecule has 1 aromatic heterocycles. The molecule has 1 fully saturated rings. The Kier molecular flexibility index (Phi) is 3.21. The van der Waals surface area contributed by atoms with Crippen LogP contribution in [-0.4, -0.2) is 41.0 Å². The third kappa shape index (κ3) is 2.46. The standard InChI is InChI=1S/C14H17N3O2/c1-19-14(18)10-6-7-17(8-10)9-13-15-11-4-2-3-5-12(11)16-13/h2-5,10H,6-9H2,1H3,(H,15,16). The van der Waals surface area contributed by atoms with Crippen molar-refractivity contribution in [3.63, 3.8) is 0 Å². The van der Waals surface area contributed by atoms with Crippen molar-refractivity contribution < 1.29 is 9.53 Å². The number of para-hydroxylation sites is 2. The SMILES string of the molecule is COC(=O)C1CCN(Cc2nc3ccccc3[nH]2)C1. The molecule has 1 N–H and O–H groups in total. The fraction of sp³-hybridized carbons (Fsp3) is 0.429. The molecule has 0 bridgehead atoms. The van der Waals surface area contributed by atoms with Crippen LogP contribution in [0.25, 0.3) is 11.0 Å². The van der Waals surface area contributed by atoms with Crippen molar-refractivity contribution in [3.05, 3.63) is 30.1 Å². The van der Waals surface area contributed by atoms with Gasteiger partial charge < -0.3 is 9.72 Å². The van der Waals surface area contributed by atoms with Crippen molar-refractivity contribution in [3.8, 4) is 0 Å². The van der Waals surface area contributed by atoms with Crippen LogP contribution < -0.4 is 0 Å². The third-order valence-corrected chi connectivity index (χ3v) is 3.62. The predicted molar refractivity (Wildman–Crippen MR) is 71.5 cm³/mol. The number of likely N-dealkylation sites (tertiary alicyclic amines) is 1. The lowest BCUT2D eigenvalue weighted by Crippen LogP contribution is -2.24. The van der Waals surface area contributed by atoms with Gasteiger partial charge in [0, 0.05) is 6.54 Å². The Bertz CT molecular complexity index is 560. The summed E-state index contributed by atoms with van der Waals surface area (Å²) in [7, 11) is 1.45. The van der Waals surface area contributed by atoms with Crippen LogP contribution in [0, 0.1) is 5.92 Å². The summed E-state index contributed by atoms with van der Waals surface area (Å²) in [4.78, 5) is 21.6. The van der Waals surface area contributed by atoms with E-state index >= 15 is 0 Å². The first-order valence-corrected chi connectivity index (χ1v) is 6.50. The van der Waals surface area contributed by atoms with Gasteiger partial charge in [-0.05, 0) is 25.1 Å². The molecule has 5 heteroatoms. The Morgan fingerprint density at radius 3 is 3.16 bits per heavy atom. The number of ether oxygens (including phenoxy) is 1. The molecular weight excluding hydrogens is 242 g/mol. The monoisotopic (exact) mass is 259 g/mol. The highest BCUT2D eigenvalue weighted by atomic mass is 16.5. The van der Waals surface area contributed by atoms with Gasteiger partial charge in [-0.3, -0.25) is 9.69 Å². The quantitative estimate of drug-likeness (QED) is 0.850. The van der Waals surface area contributed by atoms with Crippen molar-refractivity contribution in [2.24, 2.45) is 5.92 Å². The van der Waals surface area contributed by atoms with E-state index in [0.717, 1.165) is 42.9 Å². The minimum absolute atomic E-state index is 0.00868. The molecule has 2 aromatic rings. The molecule has 0 aliphatic carbocycles. The second kappa shape index (κ2) is 5.01. The number of H-pyrrole nitrogens is 1. The minimum Gasteiger partial charge on any atom is -0.469 e. The number of hydrogen-bond donors (Lipinski definition) is 1. The van der Waals surface area contributed by atoms with E-state index in [1.165, 1.54) is 7.11 Å². The van der Waals surface area contributed by atoms with E-state index in [2.05, 4.69) is 14.9 Å². The second-order valence-corrected chi connectivity index (χ2v) is 4.94. The Morgan fingerprint density at radius 1 is 1.53 bits per heavy atom. The van der Waals surface area contributed by atoms with Gasteiger partial charge in [0.05, 0.1) is 30.6 Å². The predicted octanol–water partition coefficient (Wildman–Crippen LogP) is 1.56. The minimum atomic E-state index is -0.105. The molecule has 1 saturated heterocycles. The van der Waals surface area contributed by atoms with Crippen LogP contribution in [0.5, 0.6) is 0 Å². The molecule has 100 valence electrons. The molecular formula is C14H17N3O2. The number of carbonyl (C=O) groups excluding carboxylic acids is 1. The van der Waals surface area contributed by atoms with Gasteiger partial charge in [-0.25, -0.2) is 4.98 Å². The molecule has 1 aromatic carbocycles. The summed E-state index contributed by atoms with van der Waals surface area (Å²) in [5, 5.41) is 0. The van der Waals surface area contributed by atoms with Crippen LogP contribution in [0.4, 0.5) is 0 Å². The maximum absolute atomic E-state index is 11.5. The summed E-state index contributed by atoms with van der Waals surface area (Å²) in [6.07, 6.45) is 0.868. The molecule has 2 heterocycles. The number of hydrogen-bond acceptors (Lipinski definition) is 4. The summed E-state index contributed by atoms with van der Waals surface area (Å²) in [5.41, 5.74) is 2.04. The largest absolute Gasteiger partial charge is 0.469 e. The number of carbonyl (C=O) groups is 1. The van der Waals surface area contributed by atoms with Crippen LogP contribution >= 0.6 is 0 Å². The fourth-order valence-corrected chi connectivity index (χ4v) is 2.63. The normalized spacial score (nSPS) is 19.9. The molecule has 1 unspecified atom stereocenters. The summed E-state index contributed by atoms with van der Waals surface area (Å²) in [5.74, 6) is 0.855. The van der Waals surface area contributed by atoms with Crippen molar-refractivity contribution in [1.82, 2.24) is 14.9 Å². The van der Waals surface area contributed by atoms with Crippen LogP contribution in [0.2, 0.25) is 0 Å². The van der Waals surface area contributed by atoms with Crippen LogP contribution in [0.1, 0.15) is 12.2 Å². The topological polar surface area (TPSA) is 58.2 Å². The van der Waals surface area contributed by atoms with Gasteiger partial charge in [-0.15, -0.1) is 0 Å². The first kappa shape index (κ1) is 12.2. The number of rotatable bonds is 3. The maximum atomic E-state index is 11.5. The molecule has 0 amide bonds. The van der Waals surface area contributed by atoms with E-state index < -0.39 is 0 Å². The lowest BCUT2D eigenvalue weighted by Gasteiger charge is -2.13. The number of nitrogens with one attached hydrogen (secondary N) is 1. The van der Waals surface area contributed by atoms with Crippen LogP contribution in [-0.2, 0) is 16.1 Å². The number of methoxy groups -OCH3 is 1. The molecule has 0 saturated carbocycles. The highest BCUT2D eigenvalue weighted by molar-refractivity contribution is 5.74. The van der Waals surface area contributed by atoms with E-state index in [9.17, 15) is 4.79 Å². The molecule has 1 atom stereocenters. The van der Waals surface area contributed by atoms with Crippen molar-refractivity contribution >= 4 is 17.0 Å². The number of esters is 1. The first-order valence-electron chi connectivity index (χ1n) is 6.50. The van der Waals surface area contributed by atoms with E-state index in [4.69, 9.17) is 4.74 Å². The molecule has 1 aliphatic heterocycles. The van der Waals surface area contributed by atoms with E-state index in [1.807, 2.05) is 24.3 Å². The Balaban J connectivity index is 1.67. The Hall–Kier alpha value is -1.88. The zero-order chi connectivity index (χ0) is 13.2. The van der Waals surface area contributed by atoms with Gasteiger partial charge in [-0.1, -0.05) is 12.1 Å².